The number of amides is 4. The Morgan fingerprint density at radius 3 is 2.28 bits per heavy atom. The Bertz CT molecular complexity index is 1280. The average Bonchev–Trinajstić information content (AvgIpc) is 3.23. The molecule has 2 saturated heterocycles. The highest BCUT2D eigenvalue weighted by Crippen LogP contribution is 2.65. The number of rotatable bonds is 7. The second-order valence-corrected chi connectivity index (χ2v) is 16.6. The SMILES string of the molecule is CC(C)(C)C(C#[N+]C(=O)CC12CC3CC(CC(C3)C1)C2)C(=O)N1C[C@H]2[C@@H]([C@H]1C(=O)N[C@H](C#N)C[C@@H]1CCNC1=O)C2(C)C. The molecular weight excluding hydrogens is 542 g/mol. The first-order valence-corrected chi connectivity index (χ1v) is 16.5. The van der Waals surface area contributed by atoms with Crippen molar-refractivity contribution < 1.29 is 19.2 Å². The number of nitrogens with zero attached hydrogens (tertiary/aromatic N) is 3. The molecule has 9 heteroatoms. The first kappa shape index (κ1) is 30.1. The molecule has 7 aliphatic rings. The molecule has 4 amide bonds. The minimum atomic E-state index is -0.812. The summed E-state index contributed by atoms with van der Waals surface area (Å²) in [5.41, 5.74) is -0.579. The molecule has 232 valence electrons. The smallest absolute Gasteiger partial charge is 0.356 e. The van der Waals surface area contributed by atoms with Gasteiger partial charge in [0.15, 0.2) is 5.92 Å². The lowest BCUT2D eigenvalue weighted by Crippen LogP contribution is -2.54. The molecule has 2 N–H and O–H groups in total. The summed E-state index contributed by atoms with van der Waals surface area (Å²) in [7, 11) is 0. The van der Waals surface area contributed by atoms with Gasteiger partial charge in [-0.05, 0) is 97.2 Å². The summed E-state index contributed by atoms with van der Waals surface area (Å²) < 4.78 is 0. The van der Waals surface area contributed by atoms with Gasteiger partial charge in [0.2, 0.25) is 17.7 Å². The fourth-order valence-corrected chi connectivity index (χ4v) is 10.2. The highest BCUT2D eigenvalue weighted by Gasteiger charge is 2.70. The molecule has 4 bridgehead atoms. The van der Waals surface area contributed by atoms with Crippen LogP contribution in [-0.2, 0) is 19.2 Å². The van der Waals surface area contributed by atoms with Crippen molar-refractivity contribution >= 4 is 23.6 Å². The van der Waals surface area contributed by atoms with Gasteiger partial charge in [0.1, 0.15) is 12.1 Å². The summed E-state index contributed by atoms with van der Waals surface area (Å²) >= 11 is 0. The van der Waals surface area contributed by atoms with Crippen LogP contribution in [0.25, 0.3) is 4.85 Å². The van der Waals surface area contributed by atoms with E-state index in [1.807, 2.05) is 20.8 Å². The predicted molar refractivity (Wildman–Crippen MR) is 160 cm³/mol. The monoisotopic (exact) mass is 590 g/mol. The summed E-state index contributed by atoms with van der Waals surface area (Å²) in [5.74, 6) is 0.477. The van der Waals surface area contributed by atoms with Crippen LogP contribution in [0.1, 0.15) is 92.4 Å². The molecule has 2 heterocycles. The van der Waals surface area contributed by atoms with E-state index < -0.39 is 23.4 Å². The molecule has 2 aliphatic heterocycles. The molecule has 7 fully saturated rings. The maximum atomic E-state index is 14.2. The van der Waals surface area contributed by atoms with Gasteiger partial charge in [-0.3, -0.25) is 14.4 Å². The largest absolute Gasteiger partial charge is 0.515 e. The molecule has 9 nitrogen and oxygen atoms in total. The van der Waals surface area contributed by atoms with Crippen LogP contribution in [0, 0.1) is 75.1 Å². The van der Waals surface area contributed by atoms with Gasteiger partial charge in [-0.2, -0.15) is 5.26 Å². The number of hydrogen-bond acceptors (Lipinski definition) is 5. The Morgan fingerprint density at radius 2 is 1.74 bits per heavy atom. The molecule has 0 spiro atoms. The lowest BCUT2D eigenvalue weighted by molar-refractivity contribution is -0.144. The van der Waals surface area contributed by atoms with Crippen molar-refractivity contribution in [3.8, 4) is 12.1 Å². The standard InChI is InChI=1S/C34H47N5O4/c1-32(2,3)24(17-37-26(40)15-34-12-19-8-20(13-34)10-21(9-19)14-34)31(43)39-18-25-27(33(25,4)5)28(39)30(42)38-23(16-35)11-22-6-7-36-29(22)41/h19-25,27-28H,6-15,18H2,1-5H3,(H-,36,38,41,42)/p+1/t19?,20?,21?,22-,23-,24?,25-,27-,28-,34?/m0/s1. The first-order valence-electron chi connectivity index (χ1n) is 16.5. The lowest BCUT2D eigenvalue weighted by Gasteiger charge is -2.56. The second kappa shape index (κ2) is 10.6. The molecule has 0 aromatic carbocycles. The Morgan fingerprint density at radius 1 is 1.12 bits per heavy atom. The normalized spacial score (nSPS) is 37.8. The molecule has 0 aromatic heterocycles. The van der Waals surface area contributed by atoms with Gasteiger partial charge in [0, 0.05) is 23.9 Å². The van der Waals surface area contributed by atoms with E-state index in [-0.39, 0.29) is 58.6 Å². The first-order chi connectivity index (χ1) is 20.2. The zero-order valence-electron chi connectivity index (χ0n) is 26.4. The zero-order chi connectivity index (χ0) is 30.9. The Kier molecular flexibility index (Phi) is 7.42. The number of nitriles is 1. The van der Waals surface area contributed by atoms with Gasteiger partial charge in [0.25, 0.3) is 6.07 Å². The number of fused-ring (bicyclic) bond motifs is 1. The van der Waals surface area contributed by atoms with Gasteiger partial charge in [-0.1, -0.05) is 34.6 Å². The number of hydrogen-bond donors (Lipinski definition) is 2. The van der Waals surface area contributed by atoms with E-state index in [4.69, 9.17) is 0 Å². The quantitative estimate of drug-likeness (QED) is 0.462. The van der Waals surface area contributed by atoms with Crippen LogP contribution >= 0.6 is 0 Å². The van der Waals surface area contributed by atoms with E-state index in [0.29, 0.717) is 25.9 Å². The number of nitrogens with one attached hydrogen (secondary N) is 2. The van der Waals surface area contributed by atoms with Gasteiger partial charge < -0.3 is 15.5 Å². The zero-order valence-corrected chi connectivity index (χ0v) is 26.4. The molecule has 0 radical (unpaired) electrons. The van der Waals surface area contributed by atoms with Crippen molar-refractivity contribution in [1.82, 2.24) is 15.5 Å². The Labute approximate surface area is 255 Å². The fourth-order valence-electron chi connectivity index (χ4n) is 10.2. The predicted octanol–water partition coefficient (Wildman–Crippen LogP) is 4.13. The number of carbonyl (C=O) groups is 4. The molecule has 5 saturated carbocycles. The maximum absolute atomic E-state index is 14.2. The van der Waals surface area contributed by atoms with Crippen molar-refractivity contribution in [2.75, 3.05) is 13.1 Å². The number of likely N-dealkylation sites (tertiary alicyclic amines) is 1. The number of carbonyl (C=O) groups excluding carboxylic acids is 4. The highest BCUT2D eigenvalue weighted by atomic mass is 16.2. The Hall–Kier alpha value is -2.94. The third-order valence-electron chi connectivity index (χ3n) is 12.0. The van der Waals surface area contributed by atoms with Crippen LogP contribution in [0.2, 0.25) is 0 Å². The molecule has 0 aromatic rings. The van der Waals surface area contributed by atoms with E-state index in [9.17, 15) is 24.4 Å². The summed E-state index contributed by atoms with van der Waals surface area (Å²) in [4.78, 5) is 59.2. The topological polar surface area (TPSA) is 124 Å². The summed E-state index contributed by atoms with van der Waals surface area (Å²) in [6.07, 6.45) is 8.66. The summed E-state index contributed by atoms with van der Waals surface area (Å²) in [5, 5.41) is 15.4. The average molecular weight is 591 g/mol. The van der Waals surface area contributed by atoms with E-state index in [1.54, 1.807) is 4.90 Å². The van der Waals surface area contributed by atoms with E-state index in [2.05, 4.69) is 41.5 Å². The van der Waals surface area contributed by atoms with Crippen LogP contribution in [0.4, 0.5) is 0 Å². The minimum Gasteiger partial charge on any atom is -0.356 e. The molecule has 7 rings (SSSR count). The van der Waals surface area contributed by atoms with Gasteiger partial charge in [-0.15, -0.1) is 0 Å². The van der Waals surface area contributed by atoms with Crippen LogP contribution in [0.15, 0.2) is 0 Å². The van der Waals surface area contributed by atoms with E-state index >= 15 is 0 Å². The second-order valence-electron chi connectivity index (χ2n) is 16.6. The van der Waals surface area contributed by atoms with Crippen LogP contribution in [0.5, 0.6) is 0 Å². The minimum absolute atomic E-state index is 0.0131. The van der Waals surface area contributed by atoms with Crippen molar-refractivity contribution in [2.45, 2.75) is 104 Å². The van der Waals surface area contributed by atoms with E-state index in [1.165, 1.54) is 19.3 Å². The number of piperidine rings is 1. The van der Waals surface area contributed by atoms with Crippen LogP contribution in [0.3, 0.4) is 0 Å². The summed E-state index contributed by atoms with van der Waals surface area (Å²) in [6, 6.07) is 3.61. The lowest BCUT2D eigenvalue weighted by atomic mass is 9.49. The van der Waals surface area contributed by atoms with Crippen LogP contribution < -0.4 is 10.6 Å². The van der Waals surface area contributed by atoms with E-state index in [0.717, 1.165) is 37.0 Å². The van der Waals surface area contributed by atoms with Crippen LogP contribution in [-0.4, -0.2) is 53.7 Å². The van der Waals surface area contributed by atoms with Crippen molar-refractivity contribution in [3.63, 3.8) is 0 Å². The highest BCUT2D eigenvalue weighted by molar-refractivity contribution is 5.93. The molecule has 6 atom stereocenters. The third-order valence-corrected chi connectivity index (χ3v) is 12.0. The van der Waals surface area contributed by atoms with Gasteiger partial charge in [-0.25, -0.2) is 4.79 Å². The molecule has 1 unspecified atom stereocenters. The van der Waals surface area contributed by atoms with Crippen molar-refractivity contribution in [1.29, 1.82) is 5.26 Å². The van der Waals surface area contributed by atoms with Gasteiger partial charge >= 0.3 is 5.91 Å². The fraction of sp³-hybridized carbons (Fsp3) is 0.824. The van der Waals surface area contributed by atoms with Crippen molar-refractivity contribution in [3.05, 3.63) is 4.85 Å². The Balaban J connectivity index is 1.17. The summed E-state index contributed by atoms with van der Waals surface area (Å²) in [6.45, 7) is 11.1. The molecule has 43 heavy (non-hydrogen) atoms. The molecular formula is C34H48N5O4+. The van der Waals surface area contributed by atoms with Gasteiger partial charge in [0.05, 0.1) is 12.5 Å². The van der Waals surface area contributed by atoms with Crippen molar-refractivity contribution in [2.24, 2.45) is 57.7 Å². The maximum Gasteiger partial charge on any atom is 0.515 e. The molecule has 5 aliphatic carbocycles. The third kappa shape index (κ3) is 5.58.